The van der Waals surface area contributed by atoms with Crippen LogP contribution < -0.4 is 5.73 Å². The molecule has 0 fully saturated rings. The van der Waals surface area contributed by atoms with Crippen LogP contribution >= 0.6 is 11.9 Å². The lowest BCUT2D eigenvalue weighted by Crippen LogP contribution is -2.15. The van der Waals surface area contributed by atoms with Crippen molar-refractivity contribution in [3.05, 3.63) is 0 Å². The van der Waals surface area contributed by atoms with E-state index in [-0.39, 0.29) is 6.10 Å². The van der Waals surface area contributed by atoms with Crippen molar-refractivity contribution in [2.75, 3.05) is 6.54 Å². The molecule has 0 aliphatic heterocycles. The van der Waals surface area contributed by atoms with Crippen molar-refractivity contribution in [2.24, 2.45) is 5.73 Å². The average molecular weight is 110 g/mol. The predicted molar refractivity (Wildman–Crippen MR) is 25.5 cm³/mol. The number of rotatable bonds is 2. The smallest absolute Gasteiger partial charge is 0.0884 e. The van der Waals surface area contributed by atoms with Gasteiger partial charge in [-0.05, 0) is 6.92 Å². The van der Waals surface area contributed by atoms with Gasteiger partial charge in [-0.3, -0.25) is 4.29 Å². The molecule has 0 aromatic heterocycles. The summed E-state index contributed by atoms with van der Waals surface area (Å²) in [6, 6.07) is 0. The molecule has 2 nitrogen and oxygen atoms in total. The maximum absolute atomic E-state index is 5.07. The summed E-state index contributed by atoms with van der Waals surface area (Å²) in [5, 5.41) is 0. The lowest BCUT2D eigenvalue weighted by Gasteiger charge is -1.97. The van der Waals surface area contributed by atoms with E-state index in [1.165, 1.54) is 0 Å². The van der Waals surface area contributed by atoms with Crippen molar-refractivity contribution in [1.82, 2.24) is 0 Å². The highest BCUT2D eigenvalue weighted by Gasteiger charge is 1.91. The van der Waals surface area contributed by atoms with E-state index in [9.17, 15) is 0 Å². The molecule has 0 saturated carbocycles. The summed E-state index contributed by atoms with van der Waals surface area (Å²) in [5.41, 5.74) is 5.07. The summed E-state index contributed by atoms with van der Waals surface area (Å²) in [4.78, 5) is 0. The molecular formula is C3H8ClNO. The first kappa shape index (κ1) is 6.21. The zero-order valence-corrected chi connectivity index (χ0v) is 4.40. The summed E-state index contributed by atoms with van der Waals surface area (Å²) < 4.78 is 4.25. The molecule has 0 aliphatic carbocycles. The standard InChI is InChI=1S/C3H8ClNO/c1-3(2-5)6-4/h3H,2,5H2,1H3/t3-/m1/s1. The molecule has 0 heterocycles. The third-order valence-corrected chi connectivity index (χ3v) is 0.788. The Labute approximate surface area is 42.4 Å². The van der Waals surface area contributed by atoms with Crippen LogP contribution in [0.25, 0.3) is 0 Å². The van der Waals surface area contributed by atoms with Gasteiger partial charge in [0.15, 0.2) is 0 Å². The van der Waals surface area contributed by atoms with Gasteiger partial charge < -0.3 is 5.73 Å². The van der Waals surface area contributed by atoms with Crippen molar-refractivity contribution in [2.45, 2.75) is 13.0 Å². The molecule has 0 amide bonds. The van der Waals surface area contributed by atoms with E-state index in [4.69, 9.17) is 17.6 Å². The Hall–Kier alpha value is 0.210. The van der Waals surface area contributed by atoms with Crippen LogP contribution in [-0.4, -0.2) is 12.6 Å². The third kappa shape index (κ3) is 2.45. The van der Waals surface area contributed by atoms with Gasteiger partial charge in [0.1, 0.15) is 0 Å². The van der Waals surface area contributed by atoms with Gasteiger partial charge in [-0.15, -0.1) is 0 Å². The first-order chi connectivity index (χ1) is 2.81. The quantitative estimate of drug-likeness (QED) is 0.561. The van der Waals surface area contributed by atoms with Crippen LogP contribution in [0.5, 0.6) is 0 Å². The third-order valence-electron chi connectivity index (χ3n) is 0.484. The van der Waals surface area contributed by atoms with Gasteiger partial charge in [0.05, 0.1) is 18.0 Å². The Morgan fingerprint density at radius 2 is 2.50 bits per heavy atom. The summed E-state index contributed by atoms with van der Waals surface area (Å²) in [5.74, 6) is 0. The van der Waals surface area contributed by atoms with Crippen molar-refractivity contribution in [3.63, 3.8) is 0 Å². The monoisotopic (exact) mass is 109 g/mol. The van der Waals surface area contributed by atoms with Gasteiger partial charge in [0.2, 0.25) is 0 Å². The Morgan fingerprint density at radius 1 is 2.00 bits per heavy atom. The zero-order valence-electron chi connectivity index (χ0n) is 3.65. The molecule has 0 rings (SSSR count). The van der Waals surface area contributed by atoms with E-state index in [2.05, 4.69) is 4.29 Å². The summed E-state index contributed by atoms with van der Waals surface area (Å²) in [6.45, 7) is 2.27. The fourth-order valence-electron chi connectivity index (χ4n) is 0.0364. The molecule has 0 spiro atoms. The van der Waals surface area contributed by atoms with Crippen molar-refractivity contribution < 1.29 is 4.29 Å². The molecule has 2 N–H and O–H groups in total. The SMILES string of the molecule is C[C@H](CN)OCl. The minimum Gasteiger partial charge on any atom is -0.328 e. The van der Waals surface area contributed by atoms with E-state index in [1.807, 2.05) is 0 Å². The zero-order chi connectivity index (χ0) is 4.99. The van der Waals surface area contributed by atoms with Gasteiger partial charge >= 0.3 is 0 Å². The number of hydrogen-bond donors (Lipinski definition) is 1. The largest absolute Gasteiger partial charge is 0.328 e. The molecule has 0 aromatic rings. The molecule has 0 aliphatic rings. The van der Waals surface area contributed by atoms with Crippen LogP contribution in [-0.2, 0) is 4.29 Å². The average Bonchev–Trinajstić information content (AvgIpc) is 1.65. The normalized spacial score (nSPS) is 14.5. The molecule has 0 bridgehead atoms. The lowest BCUT2D eigenvalue weighted by atomic mass is 10.4. The van der Waals surface area contributed by atoms with Crippen LogP contribution in [0, 0.1) is 0 Å². The minimum absolute atomic E-state index is 0.0216. The van der Waals surface area contributed by atoms with Crippen LogP contribution in [0.3, 0.4) is 0 Å². The van der Waals surface area contributed by atoms with Gasteiger partial charge in [0.25, 0.3) is 0 Å². The van der Waals surface area contributed by atoms with Crippen LogP contribution in [0.4, 0.5) is 0 Å². The summed E-state index contributed by atoms with van der Waals surface area (Å²) in [6.07, 6.45) is -0.0216. The fourth-order valence-corrected chi connectivity index (χ4v) is 0.109. The molecule has 38 valence electrons. The maximum atomic E-state index is 5.07. The molecule has 6 heavy (non-hydrogen) atoms. The van der Waals surface area contributed by atoms with E-state index < -0.39 is 0 Å². The summed E-state index contributed by atoms with van der Waals surface area (Å²) >= 11 is 4.87. The second kappa shape index (κ2) is 3.40. The predicted octanol–water partition coefficient (Wildman–Crippen LogP) is 0.504. The van der Waals surface area contributed by atoms with Gasteiger partial charge in [-0.2, -0.15) is 0 Å². The Bertz CT molecular complexity index is 30.0. The lowest BCUT2D eigenvalue weighted by molar-refractivity contribution is 0.255. The number of hydrogen-bond acceptors (Lipinski definition) is 2. The molecule has 0 aromatic carbocycles. The topological polar surface area (TPSA) is 35.2 Å². The van der Waals surface area contributed by atoms with Crippen molar-refractivity contribution in [1.29, 1.82) is 0 Å². The highest BCUT2D eigenvalue weighted by atomic mass is 35.5. The van der Waals surface area contributed by atoms with Crippen LogP contribution in [0.1, 0.15) is 6.92 Å². The highest BCUT2D eigenvalue weighted by Crippen LogP contribution is 1.87. The molecule has 1 atom stereocenters. The van der Waals surface area contributed by atoms with Crippen LogP contribution in [0.2, 0.25) is 0 Å². The van der Waals surface area contributed by atoms with Gasteiger partial charge in [0, 0.05) is 6.54 Å². The van der Waals surface area contributed by atoms with E-state index in [0.717, 1.165) is 0 Å². The molecule has 0 saturated heterocycles. The Kier molecular flexibility index (Phi) is 3.52. The first-order valence-corrected chi connectivity index (χ1v) is 2.09. The van der Waals surface area contributed by atoms with Gasteiger partial charge in [-0.1, -0.05) is 0 Å². The molecule has 3 heteroatoms. The maximum Gasteiger partial charge on any atom is 0.0884 e. The van der Waals surface area contributed by atoms with E-state index in [1.54, 1.807) is 6.92 Å². The van der Waals surface area contributed by atoms with E-state index in [0.29, 0.717) is 6.54 Å². The van der Waals surface area contributed by atoms with Crippen molar-refractivity contribution >= 4 is 11.9 Å². The second-order valence-corrected chi connectivity index (χ2v) is 1.31. The van der Waals surface area contributed by atoms with Crippen LogP contribution in [0.15, 0.2) is 0 Å². The first-order valence-electron chi connectivity index (χ1n) is 1.78. The fraction of sp³-hybridized carbons (Fsp3) is 1.00. The summed E-state index contributed by atoms with van der Waals surface area (Å²) in [7, 11) is 0. The Morgan fingerprint density at radius 3 is 2.50 bits per heavy atom. The molecule has 0 unspecified atom stereocenters. The number of halogens is 1. The number of nitrogens with two attached hydrogens (primary N) is 1. The second-order valence-electron chi connectivity index (χ2n) is 1.14. The minimum atomic E-state index is -0.0216. The highest BCUT2D eigenvalue weighted by molar-refractivity contribution is 6.07. The molecular weight excluding hydrogens is 101 g/mol. The Balaban J connectivity index is 2.75. The van der Waals surface area contributed by atoms with Gasteiger partial charge in [-0.25, -0.2) is 0 Å². The van der Waals surface area contributed by atoms with E-state index >= 15 is 0 Å². The molecule has 0 radical (unpaired) electrons. The van der Waals surface area contributed by atoms with Crippen molar-refractivity contribution in [3.8, 4) is 0 Å².